The van der Waals surface area contributed by atoms with Gasteiger partial charge in [-0.1, -0.05) is 46.5 Å². The summed E-state index contributed by atoms with van der Waals surface area (Å²) in [6, 6.07) is 0.514. The van der Waals surface area contributed by atoms with Crippen molar-refractivity contribution in [2.45, 2.75) is 84.3 Å². The summed E-state index contributed by atoms with van der Waals surface area (Å²) in [5.41, 5.74) is 0.0871. The lowest BCUT2D eigenvalue weighted by Crippen LogP contribution is -2.54. The maximum absolute atomic E-state index is 6.32. The molecule has 1 aliphatic rings. The Bertz CT molecular complexity index is 235. The van der Waals surface area contributed by atoms with E-state index in [2.05, 4.69) is 40.1 Å². The molecule has 1 rings (SSSR count). The van der Waals surface area contributed by atoms with E-state index in [4.69, 9.17) is 4.74 Å². The van der Waals surface area contributed by atoms with Crippen molar-refractivity contribution in [1.29, 1.82) is 0 Å². The molecular weight excluding hydrogens is 234 g/mol. The monoisotopic (exact) mass is 269 g/mol. The predicted octanol–water partition coefficient (Wildman–Crippen LogP) is 4.39. The zero-order valence-electron chi connectivity index (χ0n) is 13.8. The van der Waals surface area contributed by atoms with Gasteiger partial charge in [-0.05, 0) is 45.1 Å². The number of hydrogen-bond acceptors (Lipinski definition) is 2. The standard InChI is InChI=1S/C17H35NO/c1-6-15(7-2)12-16(18-5)17(19-8-3)11-9-10-14(4)13-17/h14-16,18H,6-13H2,1-5H3. The third kappa shape index (κ3) is 4.46. The van der Waals surface area contributed by atoms with E-state index in [0.717, 1.165) is 18.4 Å². The highest BCUT2D eigenvalue weighted by atomic mass is 16.5. The van der Waals surface area contributed by atoms with Crippen LogP contribution in [-0.4, -0.2) is 25.3 Å². The molecule has 2 nitrogen and oxygen atoms in total. The zero-order valence-corrected chi connectivity index (χ0v) is 13.8. The first kappa shape index (κ1) is 17.0. The van der Waals surface area contributed by atoms with Crippen LogP contribution in [0.2, 0.25) is 0 Å². The first-order valence-electron chi connectivity index (χ1n) is 8.43. The fourth-order valence-electron chi connectivity index (χ4n) is 3.93. The summed E-state index contributed by atoms with van der Waals surface area (Å²) >= 11 is 0. The average molecular weight is 269 g/mol. The van der Waals surface area contributed by atoms with Crippen LogP contribution in [0, 0.1) is 11.8 Å². The van der Waals surface area contributed by atoms with Crippen molar-refractivity contribution in [3.05, 3.63) is 0 Å². The molecule has 1 aliphatic carbocycles. The van der Waals surface area contributed by atoms with E-state index in [1.54, 1.807) is 0 Å². The first-order chi connectivity index (χ1) is 9.11. The minimum absolute atomic E-state index is 0.0871. The third-order valence-electron chi connectivity index (χ3n) is 5.13. The molecule has 3 unspecified atom stereocenters. The Labute approximate surface area is 120 Å². The second-order valence-corrected chi connectivity index (χ2v) is 6.46. The topological polar surface area (TPSA) is 21.3 Å². The smallest absolute Gasteiger partial charge is 0.0837 e. The third-order valence-corrected chi connectivity index (χ3v) is 5.13. The van der Waals surface area contributed by atoms with Gasteiger partial charge >= 0.3 is 0 Å². The molecule has 114 valence electrons. The second-order valence-electron chi connectivity index (χ2n) is 6.46. The molecule has 0 heterocycles. The molecule has 0 aromatic heterocycles. The second kappa shape index (κ2) is 8.26. The molecule has 0 radical (unpaired) electrons. The van der Waals surface area contributed by atoms with E-state index in [0.29, 0.717) is 6.04 Å². The minimum atomic E-state index is 0.0871. The van der Waals surface area contributed by atoms with Crippen molar-refractivity contribution in [3.8, 4) is 0 Å². The van der Waals surface area contributed by atoms with Gasteiger partial charge in [0.2, 0.25) is 0 Å². The summed E-state index contributed by atoms with van der Waals surface area (Å²) < 4.78 is 6.32. The Hall–Kier alpha value is -0.0800. The van der Waals surface area contributed by atoms with Gasteiger partial charge in [-0.25, -0.2) is 0 Å². The number of rotatable bonds is 8. The molecule has 0 saturated heterocycles. The molecule has 1 fully saturated rings. The molecule has 0 aromatic rings. The van der Waals surface area contributed by atoms with Crippen molar-refractivity contribution in [2.75, 3.05) is 13.7 Å². The van der Waals surface area contributed by atoms with Gasteiger partial charge in [0, 0.05) is 12.6 Å². The van der Waals surface area contributed by atoms with Gasteiger partial charge in [0.25, 0.3) is 0 Å². The van der Waals surface area contributed by atoms with Crippen LogP contribution < -0.4 is 5.32 Å². The van der Waals surface area contributed by atoms with E-state index >= 15 is 0 Å². The van der Waals surface area contributed by atoms with Crippen LogP contribution in [-0.2, 0) is 4.74 Å². The molecule has 0 amide bonds. The Morgan fingerprint density at radius 3 is 2.42 bits per heavy atom. The van der Waals surface area contributed by atoms with Crippen molar-refractivity contribution in [3.63, 3.8) is 0 Å². The molecule has 0 spiro atoms. The van der Waals surface area contributed by atoms with Crippen LogP contribution in [0.5, 0.6) is 0 Å². The number of likely N-dealkylation sites (N-methyl/N-ethyl adjacent to an activating group) is 1. The van der Waals surface area contributed by atoms with E-state index in [1.807, 2.05) is 0 Å². The van der Waals surface area contributed by atoms with E-state index < -0.39 is 0 Å². The zero-order chi connectivity index (χ0) is 14.3. The lowest BCUT2D eigenvalue weighted by Gasteiger charge is -2.46. The number of ether oxygens (including phenoxy) is 1. The first-order valence-corrected chi connectivity index (χ1v) is 8.43. The highest BCUT2D eigenvalue weighted by Gasteiger charge is 2.42. The van der Waals surface area contributed by atoms with Crippen molar-refractivity contribution >= 4 is 0 Å². The summed E-state index contributed by atoms with van der Waals surface area (Å²) in [7, 11) is 2.12. The van der Waals surface area contributed by atoms with Gasteiger partial charge in [-0.2, -0.15) is 0 Å². The highest BCUT2D eigenvalue weighted by Crippen LogP contribution is 2.39. The Morgan fingerprint density at radius 2 is 1.95 bits per heavy atom. The van der Waals surface area contributed by atoms with Crippen LogP contribution in [0.3, 0.4) is 0 Å². The lowest BCUT2D eigenvalue weighted by molar-refractivity contribution is -0.103. The molecule has 0 aliphatic heterocycles. The quantitative estimate of drug-likeness (QED) is 0.706. The summed E-state index contributed by atoms with van der Waals surface area (Å²) in [5.74, 6) is 1.63. The molecule has 1 saturated carbocycles. The molecule has 19 heavy (non-hydrogen) atoms. The molecule has 0 aromatic carbocycles. The van der Waals surface area contributed by atoms with Gasteiger partial charge in [0.05, 0.1) is 5.60 Å². The van der Waals surface area contributed by atoms with Crippen LogP contribution in [0.4, 0.5) is 0 Å². The maximum Gasteiger partial charge on any atom is 0.0837 e. The number of nitrogens with one attached hydrogen (secondary N) is 1. The van der Waals surface area contributed by atoms with Gasteiger partial charge in [-0.15, -0.1) is 0 Å². The van der Waals surface area contributed by atoms with Gasteiger partial charge < -0.3 is 10.1 Å². The highest BCUT2D eigenvalue weighted by molar-refractivity contribution is 4.97. The normalized spacial score (nSPS) is 29.7. The lowest BCUT2D eigenvalue weighted by atomic mass is 9.72. The molecule has 1 N–H and O–H groups in total. The minimum Gasteiger partial charge on any atom is -0.374 e. The van der Waals surface area contributed by atoms with Gasteiger partial charge in [0.15, 0.2) is 0 Å². The summed E-state index contributed by atoms with van der Waals surface area (Å²) in [4.78, 5) is 0. The van der Waals surface area contributed by atoms with Crippen molar-refractivity contribution < 1.29 is 4.74 Å². The summed E-state index contributed by atoms with van der Waals surface area (Å²) in [6.07, 6.45) is 8.98. The van der Waals surface area contributed by atoms with Crippen LogP contribution in [0.15, 0.2) is 0 Å². The van der Waals surface area contributed by atoms with E-state index in [-0.39, 0.29) is 5.60 Å². The van der Waals surface area contributed by atoms with E-state index in [9.17, 15) is 0 Å². The summed E-state index contributed by atoms with van der Waals surface area (Å²) in [5, 5.41) is 3.59. The van der Waals surface area contributed by atoms with Gasteiger partial charge in [-0.3, -0.25) is 0 Å². The number of hydrogen-bond donors (Lipinski definition) is 1. The maximum atomic E-state index is 6.32. The summed E-state index contributed by atoms with van der Waals surface area (Å²) in [6.45, 7) is 10.0. The van der Waals surface area contributed by atoms with E-state index in [1.165, 1.54) is 44.9 Å². The van der Waals surface area contributed by atoms with Crippen molar-refractivity contribution in [2.24, 2.45) is 11.8 Å². The Balaban J connectivity index is 2.80. The molecule has 0 bridgehead atoms. The van der Waals surface area contributed by atoms with Crippen LogP contribution in [0.1, 0.15) is 72.6 Å². The van der Waals surface area contributed by atoms with Crippen molar-refractivity contribution in [1.82, 2.24) is 5.32 Å². The largest absolute Gasteiger partial charge is 0.374 e. The van der Waals surface area contributed by atoms with Crippen LogP contribution >= 0.6 is 0 Å². The Kier molecular flexibility index (Phi) is 7.38. The SMILES string of the molecule is CCOC1(C(CC(CC)CC)NC)CCCC(C)C1. The molecule has 2 heteroatoms. The van der Waals surface area contributed by atoms with Crippen LogP contribution in [0.25, 0.3) is 0 Å². The fraction of sp³-hybridized carbons (Fsp3) is 1.00. The Morgan fingerprint density at radius 1 is 1.26 bits per heavy atom. The molecule has 3 atom stereocenters. The molecular formula is C17H35NO. The average Bonchev–Trinajstić information content (AvgIpc) is 2.40. The van der Waals surface area contributed by atoms with Gasteiger partial charge in [0.1, 0.15) is 0 Å². The fourth-order valence-corrected chi connectivity index (χ4v) is 3.93. The predicted molar refractivity (Wildman–Crippen MR) is 83.5 cm³/mol.